The van der Waals surface area contributed by atoms with Crippen LogP contribution in [0.15, 0.2) is 165 Å². The second kappa shape index (κ2) is 10.6. The molecular weight excluding hydrogens is 530 g/mol. The van der Waals surface area contributed by atoms with Crippen LogP contribution in [-0.4, -0.2) is 0 Å². The average Bonchev–Trinajstić information content (AvgIpc) is 3.09. The minimum atomic E-state index is 0.852. The Labute approximate surface area is 258 Å². The number of para-hydroxylation sites is 1. The number of rotatable bonds is 5. The summed E-state index contributed by atoms with van der Waals surface area (Å²) >= 11 is 0. The van der Waals surface area contributed by atoms with Crippen molar-refractivity contribution in [2.75, 3.05) is 4.90 Å². The molecule has 7 aromatic rings. The summed E-state index contributed by atoms with van der Waals surface area (Å²) < 4.78 is 0. The highest BCUT2D eigenvalue weighted by atomic mass is 15.1. The summed E-state index contributed by atoms with van der Waals surface area (Å²) in [5.74, 6) is 0. The Kier molecular flexibility index (Phi) is 6.24. The van der Waals surface area contributed by atoms with E-state index in [0.717, 1.165) is 12.1 Å². The fourth-order valence-corrected chi connectivity index (χ4v) is 7.01. The number of fused-ring (bicyclic) bond motifs is 7. The van der Waals surface area contributed by atoms with Crippen molar-refractivity contribution < 1.29 is 0 Å². The highest BCUT2D eigenvalue weighted by molar-refractivity contribution is 6.21. The number of nitrogens with zero attached hydrogens (tertiary/aromatic N) is 1. The minimum absolute atomic E-state index is 0.852. The van der Waals surface area contributed by atoms with Gasteiger partial charge in [-0.1, -0.05) is 141 Å². The van der Waals surface area contributed by atoms with E-state index in [1.54, 1.807) is 0 Å². The first-order chi connectivity index (χ1) is 21.7. The summed E-state index contributed by atoms with van der Waals surface area (Å²) in [5, 5.41) is 7.47. The van der Waals surface area contributed by atoms with Crippen LogP contribution in [0.4, 0.5) is 11.4 Å². The number of hydrogen-bond acceptors (Lipinski definition) is 1. The van der Waals surface area contributed by atoms with Crippen molar-refractivity contribution in [3.05, 3.63) is 176 Å². The molecule has 8 rings (SSSR count). The van der Waals surface area contributed by atoms with Crippen LogP contribution in [0.25, 0.3) is 60.1 Å². The maximum absolute atomic E-state index is 4.06. The summed E-state index contributed by atoms with van der Waals surface area (Å²) in [5.41, 5.74) is 11.1. The first-order valence-electron chi connectivity index (χ1n) is 15.1. The zero-order chi connectivity index (χ0) is 29.6. The lowest BCUT2D eigenvalue weighted by Gasteiger charge is -2.33. The van der Waals surface area contributed by atoms with E-state index < -0.39 is 0 Å². The van der Waals surface area contributed by atoms with Crippen LogP contribution in [0.5, 0.6) is 0 Å². The van der Waals surface area contributed by atoms with Crippen LogP contribution >= 0.6 is 0 Å². The largest absolute Gasteiger partial charge is 0.336 e. The molecule has 208 valence electrons. The van der Waals surface area contributed by atoms with Crippen LogP contribution in [0.1, 0.15) is 11.1 Å². The maximum Gasteiger partial charge on any atom is 0.0493 e. The molecule has 1 nitrogen and oxygen atoms in total. The molecule has 0 unspecified atom stereocenters. The van der Waals surface area contributed by atoms with Gasteiger partial charge in [0.05, 0.1) is 0 Å². The third-order valence-corrected chi connectivity index (χ3v) is 9.03. The Morgan fingerprint density at radius 1 is 0.591 bits per heavy atom. The van der Waals surface area contributed by atoms with Gasteiger partial charge in [-0.3, -0.25) is 0 Å². The normalized spacial score (nSPS) is 12.7. The van der Waals surface area contributed by atoms with E-state index in [-0.39, 0.29) is 0 Å². The first kappa shape index (κ1) is 26.0. The lowest BCUT2D eigenvalue weighted by atomic mass is 9.88. The predicted octanol–water partition coefficient (Wildman–Crippen LogP) is 11.9. The van der Waals surface area contributed by atoms with Gasteiger partial charge in [-0.05, 0) is 90.0 Å². The third-order valence-electron chi connectivity index (χ3n) is 9.03. The number of benzene rings is 7. The molecule has 44 heavy (non-hydrogen) atoms. The molecule has 0 amide bonds. The van der Waals surface area contributed by atoms with Crippen molar-refractivity contribution in [2.24, 2.45) is 0 Å². The minimum Gasteiger partial charge on any atom is -0.336 e. The lowest BCUT2D eigenvalue weighted by molar-refractivity contribution is 0.961. The summed E-state index contributed by atoms with van der Waals surface area (Å²) in [6.07, 6.45) is 5.76. The fraction of sp³-hybridized carbons (Fsp3) is 0.0233. The molecule has 0 saturated carbocycles. The van der Waals surface area contributed by atoms with E-state index in [1.807, 2.05) is 18.2 Å². The summed E-state index contributed by atoms with van der Waals surface area (Å²) in [6, 6.07) is 48.9. The SMILES string of the molecule is C=C/C=C(\C=C)c1cccc2c1ccc1c(-c3ccc(N4Cc5ccccc5-c5ccccc54)cc3)c3ccccc3cc12. The lowest BCUT2D eigenvalue weighted by Crippen LogP contribution is -2.21. The van der Waals surface area contributed by atoms with Crippen LogP contribution in [-0.2, 0) is 6.54 Å². The molecule has 0 aromatic heterocycles. The Balaban J connectivity index is 1.30. The molecular formula is C43H31N. The second-order valence-corrected chi connectivity index (χ2v) is 11.4. The fourth-order valence-electron chi connectivity index (χ4n) is 7.01. The zero-order valence-corrected chi connectivity index (χ0v) is 24.5. The van der Waals surface area contributed by atoms with Crippen LogP contribution in [0, 0.1) is 0 Å². The first-order valence-corrected chi connectivity index (χ1v) is 15.1. The number of allylic oxidation sites excluding steroid dienone is 4. The van der Waals surface area contributed by atoms with Gasteiger partial charge in [0.2, 0.25) is 0 Å². The average molecular weight is 562 g/mol. The highest BCUT2D eigenvalue weighted by Crippen LogP contribution is 2.44. The van der Waals surface area contributed by atoms with E-state index in [9.17, 15) is 0 Å². The van der Waals surface area contributed by atoms with Gasteiger partial charge in [0.1, 0.15) is 0 Å². The van der Waals surface area contributed by atoms with Crippen molar-refractivity contribution in [1.29, 1.82) is 0 Å². The molecule has 0 bridgehead atoms. The van der Waals surface area contributed by atoms with Crippen LogP contribution < -0.4 is 4.90 Å². The standard InChI is InChI=1S/C43H31N/c1-3-12-29(4-2)34-18-11-19-37-38(34)25-26-40-41(37)27-31-13-5-8-16-36(31)43(40)30-21-23-33(24-22-30)44-28-32-14-6-7-15-35(32)39-17-9-10-20-42(39)44/h3-27H,1-2,28H2/b29-12+. The quantitative estimate of drug-likeness (QED) is 0.115. The zero-order valence-electron chi connectivity index (χ0n) is 24.5. The highest BCUT2D eigenvalue weighted by Gasteiger charge is 2.23. The molecule has 0 fully saturated rings. The van der Waals surface area contributed by atoms with Crippen molar-refractivity contribution >= 4 is 49.3 Å². The van der Waals surface area contributed by atoms with Gasteiger partial charge in [-0.2, -0.15) is 0 Å². The van der Waals surface area contributed by atoms with Crippen LogP contribution in [0.2, 0.25) is 0 Å². The van der Waals surface area contributed by atoms with E-state index in [2.05, 4.69) is 152 Å². The van der Waals surface area contributed by atoms with Gasteiger partial charge in [0.25, 0.3) is 0 Å². The van der Waals surface area contributed by atoms with E-state index >= 15 is 0 Å². The molecule has 0 N–H and O–H groups in total. The van der Waals surface area contributed by atoms with Crippen molar-refractivity contribution in [2.45, 2.75) is 6.54 Å². The topological polar surface area (TPSA) is 3.24 Å². The van der Waals surface area contributed by atoms with Gasteiger partial charge in [-0.25, -0.2) is 0 Å². The van der Waals surface area contributed by atoms with Gasteiger partial charge in [-0.15, -0.1) is 0 Å². The van der Waals surface area contributed by atoms with Gasteiger partial charge >= 0.3 is 0 Å². The molecule has 0 aliphatic carbocycles. The van der Waals surface area contributed by atoms with Crippen molar-refractivity contribution in [1.82, 2.24) is 0 Å². The van der Waals surface area contributed by atoms with E-state index in [0.29, 0.717) is 0 Å². The number of hydrogen-bond donors (Lipinski definition) is 0. The van der Waals surface area contributed by atoms with Crippen molar-refractivity contribution in [3.63, 3.8) is 0 Å². The predicted molar refractivity (Wildman–Crippen MR) is 190 cm³/mol. The van der Waals surface area contributed by atoms with Crippen LogP contribution in [0.3, 0.4) is 0 Å². The van der Waals surface area contributed by atoms with Crippen molar-refractivity contribution in [3.8, 4) is 22.3 Å². The smallest absolute Gasteiger partial charge is 0.0493 e. The van der Waals surface area contributed by atoms with E-state index in [4.69, 9.17) is 0 Å². The van der Waals surface area contributed by atoms with Gasteiger partial charge in [0, 0.05) is 23.5 Å². The second-order valence-electron chi connectivity index (χ2n) is 11.4. The Bertz CT molecular complexity index is 2280. The van der Waals surface area contributed by atoms with E-state index in [1.165, 1.54) is 77.1 Å². The Morgan fingerprint density at radius 2 is 1.32 bits per heavy atom. The Hall–Kier alpha value is -5.66. The summed E-state index contributed by atoms with van der Waals surface area (Å²) in [6.45, 7) is 8.83. The molecule has 0 saturated heterocycles. The molecule has 7 aromatic carbocycles. The molecule has 1 aliphatic heterocycles. The third kappa shape index (κ3) is 4.09. The Morgan fingerprint density at radius 3 is 2.16 bits per heavy atom. The monoisotopic (exact) mass is 561 g/mol. The maximum atomic E-state index is 4.06. The van der Waals surface area contributed by atoms with Gasteiger partial charge in [0.15, 0.2) is 0 Å². The summed E-state index contributed by atoms with van der Waals surface area (Å²) in [7, 11) is 0. The summed E-state index contributed by atoms with van der Waals surface area (Å²) in [4.78, 5) is 2.44. The molecule has 1 heterocycles. The number of anilines is 2. The molecule has 0 spiro atoms. The molecule has 1 aliphatic rings. The molecule has 0 atom stereocenters. The molecule has 0 radical (unpaired) electrons. The van der Waals surface area contributed by atoms with Gasteiger partial charge < -0.3 is 4.90 Å². The molecule has 1 heteroatoms.